The topological polar surface area (TPSA) is 38.7 Å². The molecule has 0 amide bonds. The number of pyridine rings is 1. The van der Waals surface area contributed by atoms with Crippen LogP contribution in [0.4, 0.5) is 0 Å². The maximum Gasteiger partial charge on any atom is 0.125 e. The molecular weight excluding hydrogens is 269 g/mol. The molecule has 0 radical (unpaired) electrons. The van der Waals surface area contributed by atoms with Gasteiger partial charge < -0.3 is 0 Å². The van der Waals surface area contributed by atoms with E-state index in [0.717, 1.165) is 28.3 Å². The van der Waals surface area contributed by atoms with Crippen LogP contribution >= 0.6 is 23.2 Å². The minimum atomic E-state index is 0.584. The second-order valence-electron chi connectivity index (χ2n) is 4.20. The molecule has 0 saturated carbocycles. The van der Waals surface area contributed by atoms with Crippen molar-refractivity contribution >= 4 is 23.2 Å². The Kier molecular flexibility index (Phi) is 3.83. The summed E-state index contributed by atoms with van der Waals surface area (Å²) in [4.78, 5) is 12.8. The molecule has 94 valence electrons. The summed E-state index contributed by atoms with van der Waals surface area (Å²) in [5.74, 6) is 0.766. The van der Waals surface area contributed by atoms with Crippen molar-refractivity contribution in [2.45, 2.75) is 27.2 Å². The van der Waals surface area contributed by atoms with Crippen LogP contribution in [0.3, 0.4) is 0 Å². The second kappa shape index (κ2) is 5.21. The van der Waals surface area contributed by atoms with Crippen molar-refractivity contribution in [3.63, 3.8) is 0 Å². The molecule has 2 heterocycles. The van der Waals surface area contributed by atoms with Crippen LogP contribution in [-0.4, -0.2) is 15.0 Å². The zero-order chi connectivity index (χ0) is 13.3. The molecule has 0 fully saturated rings. The second-order valence-corrected chi connectivity index (χ2v) is 4.98. The van der Waals surface area contributed by atoms with Gasteiger partial charge in [0, 0.05) is 24.5 Å². The summed E-state index contributed by atoms with van der Waals surface area (Å²) in [6.07, 6.45) is 4.06. The molecule has 18 heavy (non-hydrogen) atoms. The van der Waals surface area contributed by atoms with Gasteiger partial charge >= 0.3 is 0 Å². The summed E-state index contributed by atoms with van der Waals surface area (Å²) in [5.41, 5.74) is 3.63. The number of halogens is 2. The molecule has 0 aliphatic rings. The number of hydrogen-bond acceptors (Lipinski definition) is 3. The summed E-state index contributed by atoms with van der Waals surface area (Å²) >= 11 is 12.2. The SMILES string of the molecule is Cc1ncc(Cc2ncc(Cl)c(C)c2Cl)c(C)n1. The Morgan fingerprint density at radius 1 is 1.06 bits per heavy atom. The van der Waals surface area contributed by atoms with E-state index in [4.69, 9.17) is 23.2 Å². The lowest BCUT2D eigenvalue weighted by atomic mass is 10.1. The summed E-state index contributed by atoms with van der Waals surface area (Å²) in [5, 5.41) is 1.20. The van der Waals surface area contributed by atoms with Gasteiger partial charge in [0.1, 0.15) is 5.82 Å². The molecule has 0 saturated heterocycles. The van der Waals surface area contributed by atoms with Crippen LogP contribution in [0.2, 0.25) is 10.0 Å². The third kappa shape index (κ3) is 2.62. The lowest BCUT2D eigenvalue weighted by molar-refractivity contribution is 0.943. The quantitative estimate of drug-likeness (QED) is 0.843. The first-order valence-corrected chi connectivity index (χ1v) is 6.33. The molecule has 2 aromatic rings. The number of aryl methyl sites for hydroxylation is 2. The first-order valence-electron chi connectivity index (χ1n) is 5.57. The van der Waals surface area contributed by atoms with Gasteiger partial charge in [0.05, 0.1) is 15.7 Å². The van der Waals surface area contributed by atoms with Crippen molar-refractivity contribution in [3.05, 3.63) is 50.8 Å². The molecule has 0 aromatic carbocycles. The number of aromatic nitrogens is 3. The summed E-state index contributed by atoms with van der Waals surface area (Å²) < 4.78 is 0. The van der Waals surface area contributed by atoms with Crippen LogP contribution in [0.1, 0.15) is 28.3 Å². The molecule has 5 heteroatoms. The van der Waals surface area contributed by atoms with Gasteiger partial charge in [0.2, 0.25) is 0 Å². The van der Waals surface area contributed by atoms with Crippen LogP contribution in [0.15, 0.2) is 12.4 Å². The first-order chi connectivity index (χ1) is 8.49. The van der Waals surface area contributed by atoms with Crippen LogP contribution < -0.4 is 0 Å². The highest BCUT2D eigenvalue weighted by atomic mass is 35.5. The monoisotopic (exact) mass is 281 g/mol. The molecule has 2 rings (SSSR count). The summed E-state index contributed by atoms with van der Waals surface area (Å²) in [6, 6.07) is 0. The smallest absolute Gasteiger partial charge is 0.125 e. The van der Waals surface area contributed by atoms with Gasteiger partial charge in [-0.15, -0.1) is 0 Å². The standard InChI is InChI=1S/C13H13Cl2N3/c1-7-11(14)6-17-12(13(7)15)4-10-5-16-9(3)18-8(10)2/h5-6H,4H2,1-3H3. The Bertz CT molecular complexity index is 597. The number of nitrogens with zero attached hydrogens (tertiary/aromatic N) is 3. The molecule has 0 aliphatic heterocycles. The van der Waals surface area contributed by atoms with Gasteiger partial charge in [0.15, 0.2) is 0 Å². The predicted molar refractivity (Wildman–Crippen MR) is 73.3 cm³/mol. The van der Waals surface area contributed by atoms with Crippen LogP contribution in [0.5, 0.6) is 0 Å². The Morgan fingerprint density at radius 2 is 1.78 bits per heavy atom. The zero-order valence-electron chi connectivity index (χ0n) is 10.5. The number of hydrogen-bond donors (Lipinski definition) is 0. The van der Waals surface area contributed by atoms with Gasteiger partial charge in [-0.25, -0.2) is 9.97 Å². The fraction of sp³-hybridized carbons (Fsp3) is 0.308. The lowest BCUT2D eigenvalue weighted by Gasteiger charge is -2.09. The molecule has 0 N–H and O–H groups in total. The highest BCUT2D eigenvalue weighted by molar-refractivity contribution is 6.36. The average molecular weight is 282 g/mol. The Balaban J connectivity index is 2.37. The summed E-state index contributed by atoms with van der Waals surface area (Å²) in [6.45, 7) is 5.71. The third-order valence-electron chi connectivity index (χ3n) is 2.83. The highest BCUT2D eigenvalue weighted by Crippen LogP contribution is 2.27. The van der Waals surface area contributed by atoms with Gasteiger partial charge in [-0.3, -0.25) is 4.98 Å². The molecule has 0 unspecified atom stereocenters. The highest BCUT2D eigenvalue weighted by Gasteiger charge is 2.11. The largest absolute Gasteiger partial charge is 0.258 e. The normalized spacial score (nSPS) is 10.7. The van der Waals surface area contributed by atoms with E-state index in [-0.39, 0.29) is 0 Å². The maximum absolute atomic E-state index is 6.24. The van der Waals surface area contributed by atoms with E-state index < -0.39 is 0 Å². The molecule has 3 nitrogen and oxygen atoms in total. The average Bonchev–Trinajstić information content (AvgIpc) is 2.33. The van der Waals surface area contributed by atoms with Crippen molar-refractivity contribution < 1.29 is 0 Å². The van der Waals surface area contributed by atoms with Gasteiger partial charge in [-0.2, -0.15) is 0 Å². The third-order valence-corrected chi connectivity index (χ3v) is 3.72. The molecular formula is C13H13Cl2N3. The predicted octanol–water partition coefficient (Wildman–Crippen LogP) is 3.69. The van der Waals surface area contributed by atoms with Crippen LogP contribution in [0.25, 0.3) is 0 Å². The van der Waals surface area contributed by atoms with Crippen molar-refractivity contribution in [1.82, 2.24) is 15.0 Å². The zero-order valence-corrected chi connectivity index (χ0v) is 12.0. The van der Waals surface area contributed by atoms with Gasteiger partial charge in [-0.05, 0) is 31.9 Å². The maximum atomic E-state index is 6.24. The van der Waals surface area contributed by atoms with E-state index in [2.05, 4.69) is 15.0 Å². The number of rotatable bonds is 2. The van der Waals surface area contributed by atoms with Crippen molar-refractivity contribution in [1.29, 1.82) is 0 Å². The molecule has 2 aromatic heterocycles. The molecule has 0 atom stereocenters. The van der Waals surface area contributed by atoms with E-state index in [1.54, 1.807) is 6.20 Å². The fourth-order valence-electron chi connectivity index (χ4n) is 1.69. The fourth-order valence-corrected chi connectivity index (χ4v) is 2.10. The van der Waals surface area contributed by atoms with Gasteiger partial charge in [0.25, 0.3) is 0 Å². The van der Waals surface area contributed by atoms with Gasteiger partial charge in [-0.1, -0.05) is 23.2 Å². The van der Waals surface area contributed by atoms with E-state index in [1.165, 1.54) is 0 Å². The molecule has 0 aliphatic carbocycles. The first kappa shape index (κ1) is 13.2. The van der Waals surface area contributed by atoms with E-state index in [9.17, 15) is 0 Å². The molecule has 0 spiro atoms. The summed E-state index contributed by atoms with van der Waals surface area (Å²) in [7, 11) is 0. The molecule has 0 bridgehead atoms. The van der Waals surface area contributed by atoms with Crippen molar-refractivity contribution in [2.24, 2.45) is 0 Å². The Labute approximate surface area is 116 Å². The van der Waals surface area contributed by atoms with Crippen molar-refractivity contribution in [3.8, 4) is 0 Å². The van der Waals surface area contributed by atoms with Crippen LogP contribution in [0, 0.1) is 20.8 Å². The minimum absolute atomic E-state index is 0.584. The van der Waals surface area contributed by atoms with E-state index >= 15 is 0 Å². The van der Waals surface area contributed by atoms with Crippen LogP contribution in [-0.2, 0) is 6.42 Å². The minimum Gasteiger partial charge on any atom is -0.258 e. The Hall–Kier alpha value is -1.19. The Morgan fingerprint density at radius 3 is 2.44 bits per heavy atom. The van der Waals surface area contributed by atoms with E-state index in [0.29, 0.717) is 16.5 Å². The van der Waals surface area contributed by atoms with Crippen molar-refractivity contribution in [2.75, 3.05) is 0 Å². The lowest BCUT2D eigenvalue weighted by Crippen LogP contribution is -2.01. The van der Waals surface area contributed by atoms with E-state index in [1.807, 2.05) is 27.0 Å².